The molecule has 11 rings (SSSR count). The monoisotopic (exact) mass is 671 g/mol. The summed E-state index contributed by atoms with van der Waals surface area (Å²) in [5.41, 5.74) is 21.9. The lowest BCUT2D eigenvalue weighted by Crippen LogP contribution is -1.94. The Hall–Kier alpha value is -6.96. The summed E-state index contributed by atoms with van der Waals surface area (Å²) in [5.74, 6) is 0. The van der Waals surface area contributed by atoms with Gasteiger partial charge in [0.25, 0.3) is 0 Å². The fourth-order valence-corrected chi connectivity index (χ4v) is 8.88. The van der Waals surface area contributed by atoms with E-state index in [4.69, 9.17) is 5.73 Å². The summed E-state index contributed by atoms with van der Waals surface area (Å²) in [6, 6.07) is 69.0. The van der Waals surface area contributed by atoms with Crippen LogP contribution in [0.4, 0.5) is 5.69 Å². The topological polar surface area (TPSA) is 26.0 Å². The number of rotatable bonds is 4. The second-order valence-corrected chi connectivity index (χ2v) is 14.3. The number of hydrogen-bond donors (Lipinski definition) is 1. The average Bonchev–Trinajstić information content (AvgIpc) is 3.54. The first-order chi connectivity index (χ1) is 26.2. The summed E-state index contributed by atoms with van der Waals surface area (Å²) in [6.45, 7) is 0. The Morgan fingerprint density at radius 1 is 0.264 bits per heavy atom. The fourth-order valence-electron chi connectivity index (χ4n) is 8.88. The molecular formula is C52H33N. The van der Waals surface area contributed by atoms with Crippen molar-refractivity contribution in [2.45, 2.75) is 0 Å². The van der Waals surface area contributed by atoms with Crippen LogP contribution < -0.4 is 5.73 Å². The Morgan fingerprint density at radius 3 is 1.40 bits per heavy atom. The molecule has 0 saturated carbocycles. The highest BCUT2D eigenvalue weighted by Gasteiger charge is 2.31. The number of hydrogen-bond acceptors (Lipinski definition) is 1. The molecule has 0 amide bonds. The molecule has 0 radical (unpaired) electrons. The number of nitrogens with two attached hydrogens (primary N) is 1. The third-order valence-corrected chi connectivity index (χ3v) is 11.3. The molecule has 53 heavy (non-hydrogen) atoms. The van der Waals surface area contributed by atoms with Crippen molar-refractivity contribution in [1.82, 2.24) is 0 Å². The Balaban J connectivity index is 1.23. The van der Waals surface area contributed by atoms with Crippen molar-refractivity contribution in [2.24, 2.45) is 0 Å². The standard InChI is InChI=1S/C52H33N/c53-41-25-23-34(24-26-41)37-13-7-14-38(29-37)42-27-28-47-50-43(42)17-8-18-46(50)51-48(39-21-19-32-9-1-3-11-35(32)30-39)44-15-5-6-16-45(44)49(52(47)51)40-22-20-33-10-2-4-12-36(33)31-40/h1-31H,53H2. The maximum Gasteiger partial charge on any atom is 0.0314 e. The van der Waals surface area contributed by atoms with Crippen molar-refractivity contribution in [2.75, 3.05) is 5.73 Å². The molecule has 0 unspecified atom stereocenters. The van der Waals surface area contributed by atoms with Crippen LogP contribution in [0.15, 0.2) is 188 Å². The Bertz CT molecular complexity index is 2980. The molecule has 0 aromatic heterocycles. The smallest absolute Gasteiger partial charge is 0.0314 e. The lowest BCUT2D eigenvalue weighted by atomic mass is 9.82. The van der Waals surface area contributed by atoms with Crippen molar-refractivity contribution in [1.29, 1.82) is 0 Å². The molecule has 1 aliphatic rings. The minimum Gasteiger partial charge on any atom is -0.399 e. The molecule has 0 bridgehead atoms. The van der Waals surface area contributed by atoms with E-state index in [1.54, 1.807) is 0 Å². The highest BCUT2D eigenvalue weighted by atomic mass is 14.5. The van der Waals surface area contributed by atoms with Gasteiger partial charge in [-0.25, -0.2) is 0 Å². The van der Waals surface area contributed by atoms with Crippen molar-refractivity contribution in [3.05, 3.63) is 188 Å². The van der Waals surface area contributed by atoms with E-state index in [9.17, 15) is 0 Å². The maximum absolute atomic E-state index is 6.04. The largest absolute Gasteiger partial charge is 0.399 e. The summed E-state index contributed by atoms with van der Waals surface area (Å²) in [4.78, 5) is 0. The van der Waals surface area contributed by atoms with Gasteiger partial charge in [0.2, 0.25) is 0 Å². The van der Waals surface area contributed by atoms with Crippen molar-refractivity contribution in [3.8, 4) is 66.8 Å². The first-order valence-electron chi connectivity index (χ1n) is 18.3. The molecule has 10 aromatic carbocycles. The molecule has 1 aliphatic carbocycles. The summed E-state index contributed by atoms with van der Waals surface area (Å²) < 4.78 is 0. The quantitative estimate of drug-likeness (QED) is 0.185. The third-order valence-electron chi connectivity index (χ3n) is 11.3. The van der Waals surface area contributed by atoms with Crippen LogP contribution in [-0.4, -0.2) is 0 Å². The van der Waals surface area contributed by atoms with Crippen molar-refractivity contribution in [3.63, 3.8) is 0 Å². The van der Waals surface area contributed by atoms with E-state index >= 15 is 0 Å². The molecule has 1 nitrogen and oxygen atoms in total. The zero-order valence-electron chi connectivity index (χ0n) is 29.0. The number of nitrogen functional groups attached to an aromatic ring is 1. The highest BCUT2D eigenvalue weighted by molar-refractivity contribution is 6.29. The molecule has 1 heteroatoms. The van der Waals surface area contributed by atoms with Gasteiger partial charge in [0, 0.05) is 5.69 Å². The van der Waals surface area contributed by atoms with E-state index in [2.05, 4.69) is 176 Å². The first kappa shape index (κ1) is 29.7. The van der Waals surface area contributed by atoms with Gasteiger partial charge in [0.05, 0.1) is 0 Å². The predicted octanol–water partition coefficient (Wildman–Crippen LogP) is 14.2. The van der Waals surface area contributed by atoms with E-state index in [0.29, 0.717) is 0 Å². The molecule has 10 aromatic rings. The van der Waals surface area contributed by atoms with Gasteiger partial charge in [0.1, 0.15) is 0 Å². The zero-order chi connectivity index (χ0) is 35.0. The molecule has 0 saturated heterocycles. The van der Waals surface area contributed by atoms with Crippen LogP contribution in [0.3, 0.4) is 0 Å². The minimum absolute atomic E-state index is 0.774. The molecule has 0 atom stereocenters. The summed E-state index contributed by atoms with van der Waals surface area (Å²) in [5, 5.41) is 10.1. The highest BCUT2D eigenvalue weighted by Crippen LogP contribution is 2.58. The minimum atomic E-state index is 0.774. The SMILES string of the molecule is Nc1ccc(-c2cccc(-c3ccc4c5c(cccc35)-c3c-4c(-c4ccc5ccccc5c4)c4ccccc4c3-c3ccc4ccccc4c3)c2)cc1. The van der Waals surface area contributed by atoms with Gasteiger partial charge in [-0.05, 0) is 140 Å². The van der Waals surface area contributed by atoms with Gasteiger partial charge in [-0.15, -0.1) is 0 Å². The van der Waals surface area contributed by atoms with Crippen LogP contribution in [0.25, 0.3) is 110 Å². The Labute approximate surface area is 308 Å². The van der Waals surface area contributed by atoms with E-state index in [1.165, 1.54) is 104 Å². The Kier molecular flexibility index (Phi) is 6.47. The molecular weight excluding hydrogens is 639 g/mol. The molecule has 2 N–H and O–H groups in total. The maximum atomic E-state index is 6.04. The fraction of sp³-hybridized carbons (Fsp3) is 0. The molecule has 0 aliphatic heterocycles. The van der Waals surface area contributed by atoms with Crippen LogP contribution >= 0.6 is 0 Å². The average molecular weight is 672 g/mol. The van der Waals surface area contributed by atoms with Crippen molar-refractivity contribution >= 4 is 48.8 Å². The van der Waals surface area contributed by atoms with Gasteiger partial charge in [-0.1, -0.05) is 158 Å². The lowest BCUT2D eigenvalue weighted by Gasteiger charge is -2.21. The van der Waals surface area contributed by atoms with Crippen LogP contribution in [-0.2, 0) is 0 Å². The van der Waals surface area contributed by atoms with Gasteiger partial charge in [-0.2, -0.15) is 0 Å². The van der Waals surface area contributed by atoms with E-state index in [-0.39, 0.29) is 0 Å². The summed E-state index contributed by atoms with van der Waals surface area (Å²) in [6.07, 6.45) is 0. The number of anilines is 1. The van der Waals surface area contributed by atoms with Gasteiger partial charge >= 0.3 is 0 Å². The molecule has 0 heterocycles. The molecule has 0 fully saturated rings. The van der Waals surface area contributed by atoms with Crippen LogP contribution in [0.5, 0.6) is 0 Å². The van der Waals surface area contributed by atoms with Crippen LogP contribution in [0.1, 0.15) is 0 Å². The summed E-state index contributed by atoms with van der Waals surface area (Å²) in [7, 11) is 0. The predicted molar refractivity (Wildman–Crippen MR) is 227 cm³/mol. The number of benzene rings is 10. The summed E-state index contributed by atoms with van der Waals surface area (Å²) >= 11 is 0. The normalized spacial score (nSPS) is 11.8. The van der Waals surface area contributed by atoms with E-state index < -0.39 is 0 Å². The van der Waals surface area contributed by atoms with Gasteiger partial charge < -0.3 is 5.73 Å². The van der Waals surface area contributed by atoms with Crippen LogP contribution in [0.2, 0.25) is 0 Å². The Morgan fingerprint density at radius 2 is 0.755 bits per heavy atom. The van der Waals surface area contributed by atoms with E-state index in [0.717, 1.165) is 11.3 Å². The van der Waals surface area contributed by atoms with E-state index in [1.807, 2.05) is 12.1 Å². The first-order valence-corrected chi connectivity index (χ1v) is 18.3. The lowest BCUT2D eigenvalue weighted by molar-refractivity contribution is 1.60. The second-order valence-electron chi connectivity index (χ2n) is 14.3. The van der Waals surface area contributed by atoms with Gasteiger partial charge in [-0.3, -0.25) is 0 Å². The molecule has 246 valence electrons. The third kappa shape index (κ3) is 4.58. The van der Waals surface area contributed by atoms with Crippen molar-refractivity contribution < 1.29 is 0 Å². The van der Waals surface area contributed by atoms with Crippen LogP contribution in [0, 0.1) is 0 Å². The number of fused-ring (bicyclic) bond motifs is 6. The van der Waals surface area contributed by atoms with Gasteiger partial charge in [0.15, 0.2) is 0 Å². The second kappa shape index (κ2) is 11.5. The zero-order valence-corrected chi connectivity index (χ0v) is 29.0. The molecule has 0 spiro atoms.